The molecule has 0 aliphatic heterocycles. The molecule has 1 aromatic heterocycles. The predicted octanol–water partition coefficient (Wildman–Crippen LogP) is 2.61. The fourth-order valence-corrected chi connectivity index (χ4v) is 2.87. The molecule has 6 nitrogen and oxygen atoms in total. The van der Waals surface area contributed by atoms with Crippen LogP contribution in [0.2, 0.25) is 0 Å². The molecule has 0 radical (unpaired) electrons. The molecule has 1 aliphatic carbocycles. The van der Waals surface area contributed by atoms with Gasteiger partial charge in [-0.1, -0.05) is 6.07 Å². The SMILES string of the molecule is N#Cc1nccnc1OC1CCC(NC(=O)c2cccc(F)c2)CC1. The van der Waals surface area contributed by atoms with Crippen LogP contribution in [0.5, 0.6) is 5.88 Å². The van der Waals surface area contributed by atoms with Crippen molar-refractivity contribution in [2.45, 2.75) is 37.8 Å². The molecule has 1 fully saturated rings. The maximum atomic E-state index is 13.2. The number of rotatable bonds is 4. The minimum atomic E-state index is -0.429. The number of carbonyl (C=O) groups is 1. The average Bonchev–Trinajstić information content (AvgIpc) is 2.64. The Morgan fingerprint density at radius 3 is 2.72 bits per heavy atom. The van der Waals surface area contributed by atoms with E-state index in [9.17, 15) is 9.18 Å². The van der Waals surface area contributed by atoms with Gasteiger partial charge in [0.2, 0.25) is 5.69 Å². The first kappa shape index (κ1) is 16.8. The van der Waals surface area contributed by atoms with Gasteiger partial charge < -0.3 is 10.1 Å². The predicted molar refractivity (Wildman–Crippen MR) is 87.3 cm³/mol. The summed E-state index contributed by atoms with van der Waals surface area (Å²) in [5.41, 5.74) is 0.487. The lowest BCUT2D eigenvalue weighted by atomic mass is 9.92. The van der Waals surface area contributed by atoms with Crippen molar-refractivity contribution < 1.29 is 13.9 Å². The largest absolute Gasteiger partial charge is 0.472 e. The Labute approximate surface area is 144 Å². The van der Waals surface area contributed by atoms with Crippen LogP contribution in [-0.4, -0.2) is 28.0 Å². The number of nitriles is 1. The Morgan fingerprint density at radius 2 is 2.00 bits per heavy atom. The Bertz CT molecular complexity index is 798. The molecule has 1 saturated carbocycles. The summed E-state index contributed by atoms with van der Waals surface area (Å²) in [6.45, 7) is 0. The van der Waals surface area contributed by atoms with E-state index in [2.05, 4.69) is 15.3 Å². The van der Waals surface area contributed by atoms with Gasteiger partial charge in [0, 0.05) is 24.0 Å². The molecule has 0 atom stereocenters. The van der Waals surface area contributed by atoms with Crippen LogP contribution in [0.1, 0.15) is 41.7 Å². The van der Waals surface area contributed by atoms with Gasteiger partial charge in [0.25, 0.3) is 11.8 Å². The van der Waals surface area contributed by atoms with Crippen LogP contribution in [0, 0.1) is 17.1 Å². The molecule has 0 spiro atoms. The first-order valence-electron chi connectivity index (χ1n) is 8.10. The fraction of sp³-hybridized carbons (Fsp3) is 0.333. The van der Waals surface area contributed by atoms with Crippen LogP contribution in [0.15, 0.2) is 36.7 Å². The van der Waals surface area contributed by atoms with Crippen molar-refractivity contribution in [1.29, 1.82) is 5.26 Å². The van der Waals surface area contributed by atoms with Crippen molar-refractivity contribution >= 4 is 5.91 Å². The summed E-state index contributed by atoms with van der Waals surface area (Å²) >= 11 is 0. The van der Waals surface area contributed by atoms with E-state index in [1.165, 1.54) is 30.6 Å². The number of nitrogens with one attached hydrogen (secondary N) is 1. The van der Waals surface area contributed by atoms with E-state index >= 15 is 0 Å². The molecule has 3 rings (SSSR count). The Balaban J connectivity index is 1.52. The van der Waals surface area contributed by atoms with Crippen LogP contribution in [0.3, 0.4) is 0 Å². The summed E-state index contributed by atoms with van der Waals surface area (Å²) in [6, 6.07) is 7.61. The van der Waals surface area contributed by atoms with Crippen molar-refractivity contribution in [3.05, 3.63) is 53.7 Å². The van der Waals surface area contributed by atoms with Gasteiger partial charge in [0.15, 0.2) is 0 Å². The molecule has 1 heterocycles. The summed E-state index contributed by atoms with van der Waals surface area (Å²) in [7, 11) is 0. The molecule has 0 saturated heterocycles. The molecule has 25 heavy (non-hydrogen) atoms. The lowest BCUT2D eigenvalue weighted by Crippen LogP contribution is -2.39. The van der Waals surface area contributed by atoms with Gasteiger partial charge in [0.1, 0.15) is 18.0 Å². The molecule has 1 amide bonds. The van der Waals surface area contributed by atoms with Crippen molar-refractivity contribution in [1.82, 2.24) is 15.3 Å². The number of halogens is 1. The number of benzene rings is 1. The van der Waals surface area contributed by atoms with Crippen molar-refractivity contribution in [2.75, 3.05) is 0 Å². The lowest BCUT2D eigenvalue weighted by Gasteiger charge is -2.29. The Morgan fingerprint density at radius 1 is 1.24 bits per heavy atom. The molecule has 1 aromatic carbocycles. The Hall–Kier alpha value is -3.01. The van der Waals surface area contributed by atoms with Gasteiger partial charge in [-0.15, -0.1) is 0 Å². The van der Waals surface area contributed by atoms with Crippen molar-refractivity contribution in [3.8, 4) is 11.9 Å². The zero-order chi connectivity index (χ0) is 17.6. The molecular weight excluding hydrogens is 323 g/mol. The van der Waals surface area contributed by atoms with E-state index < -0.39 is 5.82 Å². The minimum absolute atomic E-state index is 0.0212. The summed E-state index contributed by atoms with van der Waals surface area (Å²) in [6.07, 6.45) is 5.82. The van der Waals surface area contributed by atoms with Crippen molar-refractivity contribution in [3.63, 3.8) is 0 Å². The number of hydrogen-bond acceptors (Lipinski definition) is 5. The molecule has 1 N–H and O–H groups in total. The normalized spacial score (nSPS) is 19.7. The number of aromatic nitrogens is 2. The zero-order valence-corrected chi connectivity index (χ0v) is 13.5. The van der Waals surface area contributed by atoms with Gasteiger partial charge in [-0.2, -0.15) is 5.26 Å². The minimum Gasteiger partial charge on any atom is -0.472 e. The second kappa shape index (κ2) is 7.71. The Kier molecular flexibility index (Phi) is 5.19. The number of ether oxygens (including phenoxy) is 1. The van der Waals surface area contributed by atoms with Gasteiger partial charge in [-0.05, 0) is 43.9 Å². The number of nitrogens with zero attached hydrogens (tertiary/aromatic N) is 3. The molecule has 0 bridgehead atoms. The van der Waals surface area contributed by atoms with Gasteiger partial charge in [-0.3, -0.25) is 4.79 Å². The van der Waals surface area contributed by atoms with Gasteiger partial charge in [0.05, 0.1) is 0 Å². The summed E-state index contributed by atoms with van der Waals surface area (Å²) < 4.78 is 19.0. The van der Waals surface area contributed by atoms with Crippen LogP contribution >= 0.6 is 0 Å². The molecule has 1 aliphatic rings. The molecule has 0 unspecified atom stereocenters. The van der Waals surface area contributed by atoms with E-state index in [0.29, 0.717) is 5.56 Å². The second-order valence-corrected chi connectivity index (χ2v) is 5.90. The third kappa shape index (κ3) is 4.29. The number of amides is 1. The maximum absolute atomic E-state index is 13.2. The van der Waals surface area contributed by atoms with E-state index in [0.717, 1.165) is 25.7 Å². The van der Waals surface area contributed by atoms with E-state index in [1.54, 1.807) is 6.07 Å². The number of carbonyl (C=O) groups excluding carboxylic acids is 1. The van der Waals surface area contributed by atoms with Crippen LogP contribution < -0.4 is 10.1 Å². The second-order valence-electron chi connectivity index (χ2n) is 5.90. The lowest BCUT2D eigenvalue weighted by molar-refractivity contribution is 0.0889. The molecular formula is C18H17FN4O2. The standard InChI is InChI=1S/C18H17FN4O2/c19-13-3-1-2-12(10-13)17(24)23-14-4-6-15(7-5-14)25-18-16(11-20)21-8-9-22-18/h1-3,8-10,14-15H,4-7H2,(H,23,24). The van der Waals surface area contributed by atoms with Crippen LogP contribution in [-0.2, 0) is 0 Å². The smallest absolute Gasteiger partial charge is 0.251 e. The third-order valence-electron chi connectivity index (χ3n) is 4.15. The quantitative estimate of drug-likeness (QED) is 0.924. The number of hydrogen-bond donors (Lipinski definition) is 1. The molecule has 2 aromatic rings. The molecule has 128 valence electrons. The first-order chi connectivity index (χ1) is 12.2. The van der Waals surface area contributed by atoms with Crippen molar-refractivity contribution in [2.24, 2.45) is 0 Å². The van der Waals surface area contributed by atoms with Gasteiger partial charge in [-0.25, -0.2) is 14.4 Å². The van der Waals surface area contributed by atoms with E-state index in [1.807, 2.05) is 6.07 Å². The first-order valence-corrected chi connectivity index (χ1v) is 8.10. The highest BCUT2D eigenvalue weighted by Gasteiger charge is 2.25. The van der Waals surface area contributed by atoms with E-state index in [4.69, 9.17) is 10.00 Å². The fourth-order valence-electron chi connectivity index (χ4n) is 2.87. The van der Waals surface area contributed by atoms with Crippen LogP contribution in [0.25, 0.3) is 0 Å². The maximum Gasteiger partial charge on any atom is 0.251 e. The molecule has 7 heteroatoms. The van der Waals surface area contributed by atoms with E-state index in [-0.39, 0.29) is 29.6 Å². The third-order valence-corrected chi connectivity index (χ3v) is 4.15. The highest BCUT2D eigenvalue weighted by atomic mass is 19.1. The monoisotopic (exact) mass is 340 g/mol. The highest BCUT2D eigenvalue weighted by Crippen LogP contribution is 2.24. The van der Waals surface area contributed by atoms with Crippen LogP contribution in [0.4, 0.5) is 4.39 Å². The highest BCUT2D eigenvalue weighted by molar-refractivity contribution is 5.94. The average molecular weight is 340 g/mol. The van der Waals surface area contributed by atoms with Gasteiger partial charge >= 0.3 is 0 Å². The summed E-state index contributed by atoms with van der Waals surface area (Å²) in [5, 5.41) is 11.9. The summed E-state index contributed by atoms with van der Waals surface area (Å²) in [5.74, 6) is -0.455. The summed E-state index contributed by atoms with van der Waals surface area (Å²) in [4.78, 5) is 20.1. The topological polar surface area (TPSA) is 87.9 Å². The zero-order valence-electron chi connectivity index (χ0n) is 13.5.